The molecular formula is C20H18N4OS. The molecule has 0 atom stereocenters. The number of pyridine rings is 1. The highest BCUT2D eigenvalue weighted by Crippen LogP contribution is 2.31. The van der Waals surface area contributed by atoms with Crippen LogP contribution in [-0.2, 0) is 19.4 Å². The molecule has 5 nitrogen and oxygen atoms in total. The highest BCUT2D eigenvalue weighted by atomic mass is 32.2. The van der Waals surface area contributed by atoms with Gasteiger partial charge in [0.15, 0.2) is 0 Å². The van der Waals surface area contributed by atoms with Gasteiger partial charge < -0.3 is 0 Å². The van der Waals surface area contributed by atoms with Gasteiger partial charge in [-0.1, -0.05) is 12.1 Å². The lowest BCUT2D eigenvalue weighted by molar-refractivity contribution is 0.724. The van der Waals surface area contributed by atoms with Gasteiger partial charge in [0.25, 0.3) is 5.56 Å². The van der Waals surface area contributed by atoms with Crippen molar-refractivity contribution >= 4 is 22.7 Å². The third kappa shape index (κ3) is 2.89. The van der Waals surface area contributed by atoms with Gasteiger partial charge in [-0.3, -0.25) is 9.36 Å². The molecule has 6 heteroatoms. The molecule has 2 aromatic heterocycles. The van der Waals surface area contributed by atoms with Gasteiger partial charge in [-0.25, -0.2) is 9.97 Å². The molecule has 0 unspecified atom stereocenters. The summed E-state index contributed by atoms with van der Waals surface area (Å²) < 4.78 is 1.63. The number of nitriles is 1. The number of aromatic nitrogens is 3. The average Bonchev–Trinajstić information content (AvgIpc) is 3.13. The normalized spacial score (nSPS) is 12.9. The van der Waals surface area contributed by atoms with E-state index >= 15 is 0 Å². The van der Waals surface area contributed by atoms with Crippen molar-refractivity contribution in [3.63, 3.8) is 0 Å². The Morgan fingerprint density at radius 1 is 1.31 bits per heavy atom. The second kappa shape index (κ2) is 6.93. The molecule has 3 aromatic rings. The first-order valence-electron chi connectivity index (χ1n) is 8.68. The SMILES string of the molecule is Cc1c(C#N)c(SCCn2cnc3ccccc3c2=O)nc2c1CCC2. The van der Waals surface area contributed by atoms with Crippen LogP contribution in [0.5, 0.6) is 0 Å². The third-order valence-electron chi connectivity index (χ3n) is 4.88. The molecule has 1 aliphatic rings. The second-order valence-corrected chi connectivity index (χ2v) is 7.50. The van der Waals surface area contributed by atoms with E-state index in [1.807, 2.05) is 25.1 Å². The quantitative estimate of drug-likeness (QED) is 0.666. The smallest absolute Gasteiger partial charge is 0.261 e. The molecule has 0 spiro atoms. The van der Waals surface area contributed by atoms with Gasteiger partial charge in [0.1, 0.15) is 11.1 Å². The lowest BCUT2D eigenvalue weighted by Crippen LogP contribution is -2.21. The minimum atomic E-state index is -0.0326. The predicted molar refractivity (Wildman–Crippen MR) is 102 cm³/mol. The monoisotopic (exact) mass is 362 g/mol. The van der Waals surface area contributed by atoms with E-state index in [1.54, 1.807) is 17.0 Å². The van der Waals surface area contributed by atoms with Crippen LogP contribution < -0.4 is 5.56 Å². The first-order valence-corrected chi connectivity index (χ1v) is 9.67. The number of rotatable bonds is 4. The van der Waals surface area contributed by atoms with E-state index < -0.39 is 0 Å². The van der Waals surface area contributed by atoms with Crippen molar-refractivity contribution in [3.05, 3.63) is 63.3 Å². The zero-order valence-corrected chi connectivity index (χ0v) is 15.3. The minimum absolute atomic E-state index is 0.0326. The van der Waals surface area contributed by atoms with Crippen LogP contribution in [0, 0.1) is 18.3 Å². The van der Waals surface area contributed by atoms with Crippen molar-refractivity contribution in [2.24, 2.45) is 0 Å². The van der Waals surface area contributed by atoms with Crippen LogP contribution >= 0.6 is 11.8 Å². The lowest BCUT2D eigenvalue weighted by atomic mass is 10.0. The second-order valence-electron chi connectivity index (χ2n) is 6.42. The fourth-order valence-corrected chi connectivity index (χ4v) is 4.49. The van der Waals surface area contributed by atoms with Crippen molar-refractivity contribution in [1.82, 2.24) is 14.5 Å². The van der Waals surface area contributed by atoms with Crippen LogP contribution in [0.25, 0.3) is 10.9 Å². The number of para-hydroxylation sites is 1. The maximum atomic E-state index is 12.5. The summed E-state index contributed by atoms with van der Waals surface area (Å²) in [5.74, 6) is 0.667. The number of benzene rings is 1. The van der Waals surface area contributed by atoms with Crippen LogP contribution in [0.15, 0.2) is 40.4 Å². The van der Waals surface area contributed by atoms with Crippen LogP contribution in [0.4, 0.5) is 0 Å². The summed E-state index contributed by atoms with van der Waals surface area (Å²) in [4.78, 5) is 21.6. The average molecular weight is 362 g/mol. The summed E-state index contributed by atoms with van der Waals surface area (Å²) in [6.07, 6.45) is 4.72. The Bertz CT molecular complexity index is 1100. The van der Waals surface area contributed by atoms with Crippen molar-refractivity contribution in [2.45, 2.75) is 37.8 Å². The molecule has 0 saturated carbocycles. The van der Waals surface area contributed by atoms with Crippen LogP contribution in [0.2, 0.25) is 0 Å². The third-order valence-corrected chi connectivity index (χ3v) is 5.84. The van der Waals surface area contributed by atoms with E-state index in [0.717, 1.165) is 35.5 Å². The minimum Gasteiger partial charge on any atom is -0.298 e. The number of aryl methyl sites for hydroxylation is 2. The zero-order valence-electron chi connectivity index (χ0n) is 14.5. The number of nitrogens with zero attached hydrogens (tertiary/aromatic N) is 4. The summed E-state index contributed by atoms with van der Waals surface area (Å²) in [6, 6.07) is 9.68. The predicted octanol–water partition coefficient (Wildman–Crippen LogP) is 3.25. The first-order chi connectivity index (χ1) is 12.7. The first kappa shape index (κ1) is 16.8. The Morgan fingerprint density at radius 2 is 2.15 bits per heavy atom. The largest absolute Gasteiger partial charge is 0.298 e. The van der Waals surface area contributed by atoms with Crippen LogP contribution in [0.3, 0.4) is 0 Å². The zero-order chi connectivity index (χ0) is 18.1. The number of thioether (sulfide) groups is 1. The highest BCUT2D eigenvalue weighted by Gasteiger charge is 2.20. The Hall–Kier alpha value is -2.65. The van der Waals surface area contributed by atoms with E-state index in [-0.39, 0.29) is 5.56 Å². The molecule has 26 heavy (non-hydrogen) atoms. The molecule has 0 fully saturated rings. The van der Waals surface area contributed by atoms with Crippen LogP contribution in [0.1, 0.15) is 28.8 Å². The summed E-state index contributed by atoms with van der Waals surface area (Å²) in [7, 11) is 0. The maximum Gasteiger partial charge on any atom is 0.261 e. The molecule has 4 rings (SSSR count). The van der Waals surface area contributed by atoms with Crippen molar-refractivity contribution in [2.75, 3.05) is 5.75 Å². The van der Waals surface area contributed by atoms with Crippen molar-refractivity contribution < 1.29 is 0 Å². The molecule has 130 valence electrons. The molecule has 0 saturated heterocycles. The summed E-state index contributed by atoms with van der Waals surface area (Å²) >= 11 is 1.54. The van der Waals surface area contributed by atoms with E-state index in [1.165, 1.54) is 17.3 Å². The van der Waals surface area contributed by atoms with Crippen LogP contribution in [-0.4, -0.2) is 20.3 Å². The number of fused-ring (bicyclic) bond motifs is 2. The highest BCUT2D eigenvalue weighted by molar-refractivity contribution is 7.99. The van der Waals surface area contributed by atoms with Crippen molar-refractivity contribution in [1.29, 1.82) is 5.26 Å². The van der Waals surface area contributed by atoms with E-state index in [0.29, 0.717) is 28.8 Å². The van der Waals surface area contributed by atoms with Gasteiger partial charge in [0.2, 0.25) is 0 Å². The topological polar surface area (TPSA) is 71.6 Å². The van der Waals surface area contributed by atoms with Gasteiger partial charge in [-0.2, -0.15) is 5.26 Å². The lowest BCUT2D eigenvalue weighted by Gasteiger charge is -2.11. The number of hydrogen-bond donors (Lipinski definition) is 0. The molecule has 1 aliphatic carbocycles. The van der Waals surface area contributed by atoms with Gasteiger partial charge in [-0.15, -0.1) is 11.8 Å². The van der Waals surface area contributed by atoms with Gasteiger partial charge in [-0.05, 0) is 49.4 Å². The fraction of sp³-hybridized carbons (Fsp3) is 0.300. The summed E-state index contributed by atoms with van der Waals surface area (Å²) in [5.41, 5.74) is 4.81. The molecule has 0 radical (unpaired) electrons. The molecule has 0 amide bonds. The summed E-state index contributed by atoms with van der Waals surface area (Å²) in [6.45, 7) is 2.55. The Morgan fingerprint density at radius 3 is 3.00 bits per heavy atom. The van der Waals surface area contributed by atoms with Gasteiger partial charge >= 0.3 is 0 Å². The molecule has 2 heterocycles. The van der Waals surface area contributed by atoms with E-state index in [4.69, 9.17) is 4.98 Å². The molecule has 0 bridgehead atoms. The van der Waals surface area contributed by atoms with Gasteiger partial charge in [0, 0.05) is 18.0 Å². The van der Waals surface area contributed by atoms with Crippen molar-refractivity contribution in [3.8, 4) is 6.07 Å². The molecule has 0 aliphatic heterocycles. The fourth-order valence-electron chi connectivity index (χ4n) is 3.49. The van der Waals surface area contributed by atoms with Gasteiger partial charge in [0.05, 0.1) is 22.8 Å². The Labute approximate surface area is 155 Å². The standard InChI is InChI=1S/C20H18N4OS/c1-13-14-6-4-8-18(14)23-19(16(13)11-21)26-10-9-24-12-22-17-7-3-2-5-15(17)20(24)25/h2-3,5,7,12H,4,6,8-10H2,1H3. The van der Waals surface area contributed by atoms with E-state index in [9.17, 15) is 10.1 Å². The molecule has 1 aromatic carbocycles. The maximum absolute atomic E-state index is 12.5. The Kier molecular flexibility index (Phi) is 4.48. The molecule has 0 N–H and O–H groups in total. The Balaban J connectivity index is 1.56. The summed E-state index contributed by atoms with van der Waals surface area (Å²) in [5, 5.41) is 11.0. The number of hydrogen-bond acceptors (Lipinski definition) is 5. The molecular weight excluding hydrogens is 344 g/mol. The van der Waals surface area contributed by atoms with E-state index in [2.05, 4.69) is 11.1 Å².